The Morgan fingerprint density at radius 3 is 2.53 bits per heavy atom. The summed E-state index contributed by atoms with van der Waals surface area (Å²) in [7, 11) is 0. The van der Waals surface area contributed by atoms with Gasteiger partial charge in [-0.3, -0.25) is 4.90 Å². The molecule has 4 heteroatoms. The molecule has 0 atom stereocenters. The van der Waals surface area contributed by atoms with Crippen LogP contribution in [0.4, 0.5) is 0 Å². The van der Waals surface area contributed by atoms with Gasteiger partial charge in [-0.15, -0.1) is 0 Å². The van der Waals surface area contributed by atoms with Crippen molar-refractivity contribution in [2.45, 2.75) is 38.6 Å². The molecule has 1 aromatic rings. The predicted octanol–water partition coefficient (Wildman–Crippen LogP) is 2.11. The summed E-state index contributed by atoms with van der Waals surface area (Å²) in [4.78, 5) is 12.7. The van der Waals surface area contributed by atoms with Crippen LogP contribution in [0.1, 0.15) is 37.9 Å². The van der Waals surface area contributed by atoms with E-state index in [1.165, 1.54) is 64.8 Å². The van der Waals surface area contributed by atoms with Crippen LogP contribution in [0.2, 0.25) is 0 Å². The first-order valence-corrected chi connectivity index (χ1v) is 7.83. The van der Waals surface area contributed by atoms with Crippen LogP contribution in [0.3, 0.4) is 0 Å². The molecule has 0 radical (unpaired) electrons. The summed E-state index contributed by atoms with van der Waals surface area (Å²) in [6, 6.07) is 0. The lowest BCUT2D eigenvalue weighted by molar-refractivity contribution is 0.126. The molecule has 2 aliphatic rings. The first-order chi connectivity index (χ1) is 9.40. The van der Waals surface area contributed by atoms with E-state index in [2.05, 4.69) is 19.8 Å². The van der Waals surface area contributed by atoms with Gasteiger partial charge in [-0.25, -0.2) is 4.98 Å². The van der Waals surface area contributed by atoms with Gasteiger partial charge in [0.2, 0.25) is 0 Å². The third-order valence-electron chi connectivity index (χ3n) is 4.60. The molecule has 0 aliphatic carbocycles. The number of imidazole rings is 1. The summed E-state index contributed by atoms with van der Waals surface area (Å²) in [5.41, 5.74) is 0. The molecule has 4 nitrogen and oxygen atoms in total. The Balaban J connectivity index is 1.39. The number of H-pyrrole nitrogens is 1. The van der Waals surface area contributed by atoms with Gasteiger partial charge in [-0.2, -0.15) is 0 Å². The molecule has 0 bridgehead atoms. The van der Waals surface area contributed by atoms with Gasteiger partial charge in [-0.1, -0.05) is 6.42 Å². The predicted molar refractivity (Wildman–Crippen MR) is 76.9 cm³/mol. The molecule has 2 fully saturated rings. The van der Waals surface area contributed by atoms with Crippen LogP contribution in [-0.4, -0.2) is 52.5 Å². The number of aromatic amines is 1. The zero-order valence-electron chi connectivity index (χ0n) is 11.9. The normalized spacial score (nSPS) is 23.8. The summed E-state index contributed by atoms with van der Waals surface area (Å²) in [5.74, 6) is 2.03. The van der Waals surface area contributed by atoms with Crippen molar-refractivity contribution in [2.24, 2.45) is 5.92 Å². The summed E-state index contributed by atoms with van der Waals surface area (Å²) >= 11 is 0. The minimum atomic E-state index is 0.922. The lowest BCUT2D eigenvalue weighted by Crippen LogP contribution is -2.40. The molecule has 1 aromatic heterocycles. The van der Waals surface area contributed by atoms with E-state index < -0.39 is 0 Å². The van der Waals surface area contributed by atoms with E-state index >= 15 is 0 Å². The van der Waals surface area contributed by atoms with Crippen molar-refractivity contribution in [2.75, 3.05) is 32.7 Å². The maximum absolute atomic E-state index is 4.32. The Morgan fingerprint density at radius 1 is 1.05 bits per heavy atom. The van der Waals surface area contributed by atoms with Crippen LogP contribution in [-0.2, 0) is 6.54 Å². The van der Waals surface area contributed by atoms with Crippen molar-refractivity contribution < 1.29 is 0 Å². The molecular formula is C15H26N4. The van der Waals surface area contributed by atoms with Gasteiger partial charge >= 0.3 is 0 Å². The largest absolute Gasteiger partial charge is 0.348 e. The van der Waals surface area contributed by atoms with E-state index in [0.29, 0.717) is 0 Å². The van der Waals surface area contributed by atoms with Gasteiger partial charge in [-0.05, 0) is 57.8 Å². The van der Waals surface area contributed by atoms with E-state index in [0.717, 1.165) is 18.3 Å². The number of rotatable bonds is 4. The van der Waals surface area contributed by atoms with E-state index in [9.17, 15) is 0 Å². The Labute approximate surface area is 116 Å². The van der Waals surface area contributed by atoms with Gasteiger partial charge in [0, 0.05) is 18.9 Å². The maximum atomic E-state index is 4.32. The molecule has 2 aliphatic heterocycles. The van der Waals surface area contributed by atoms with Crippen molar-refractivity contribution in [1.82, 2.24) is 19.8 Å². The van der Waals surface area contributed by atoms with Gasteiger partial charge in [0.15, 0.2) is 0 Å². The van der Waals surface area contributed by atoms with Gasteiger partial charge in [0.25, 0.3) is 0 Å². The fraction of sp³-hybridized carbons (Fsp3) is 0.800. The average molecular weight is 262 g/mol. The number of likely N-dealkylation sites (tertiary alicyclic amines) is 2. The Hall–Kier alpha value is -0.870. The smallest absolute Gasteiger partial charge is 0.120 e. The zero-order valence-corrected chi connectivity index (χ0v) is 11.9. The number of aromatic nitrogens is 2. The van der Waals surface area contributed by atoms with Gasteiger partial charge < -0.3 is 9.88 Å². The molecule has 0 unspecified atom stereocenters. The van der Waals surface area contributed by atoms with E-state index in [4.69, 9.17) is 0 Å². The second-order valence-corrected chi connectivity index (χ2v) is 6.12. The molecular weight excluding hydrogens is 236 g/mol. The molecule has 106 valence electrons. The quantitative estimate of drug-likeness (QED) is 0.902. The summed E-state index contributed by atoms with van der Waals surface area (Å²) < 4.78 is 0. The zero-order chi connectivity index (χ0) is 12.9. The molecule has 0 aromatic carbocycles. The highest BCUT2D eigenvalue weighted by Gasteiger charge is 2.22. The maximum Gasteiger partial charge on any atom is 0.120 e. The van der Waals surface area contributed by atoms with Crippen molar-refractivity contribution in [3.8, 4) is 0 Å². The molecule has 19 heavy (non-hydrogen) atoms. The highest BCUT2D eigenvalue weighted by molar-refractivity contribution is 4.88. The number of piperidine rings is 2. The van der Waals surface area contributed by atoms with Crippen LogP contribution in [0.25, 0.3) is 0 Å². The molecule has 0 saturated carbocycles. The number of nitrogens with one attached hydrogen (secondary N) is 1. The average Bonchev–Trinajstić information content (AvgIpc) is 2.95. The Bertz CT molecular complexity index is 348. The summed E-state index contributed by atoms with van der Waals surface area (Å²) in [5, 5.41) is 0. The Morgan fingerprint density at radius 2 is 1.84 bits per heavy atom. The molecule has 0 amide bonds. The fourth-order valence-electron chi connectivity index (χ4n) is 3.43. The lowest BCUT2D eigenvalue weighted by Gasteiger charge is -2.35. The number of nitrogens with zero attached hydrogens (tertiary/aromatic N) is 3. The number of hydrogen-bond donors (Lipinski definition) is 1. The Kier molecular flexibility index (Phi) is 4.51. The fourth-order valence-corrected chi connectivity index (χ4v) is 3.43. The lowest BCUT2D eigenvalue weighted by atomic mass is 9.95. The summed E-state index contributed by atoms with van der Waals surface area (Å²) in [6.07, 6.45) is 10.7. The molecule has 3 heterocycles. The summed E-state index contributed by atoms with van der Waals surface area (Å²) in [6.45, 7) is 7.48. The van der Waals surface area contributed by atoms with E-state index in [-0.39, 0.29) is 0 Å². The van der Waals surface area contributed by atoms with Gasteiger partial charge in [0.1, 0.15) is 5.82 Å². The van der Waals surface area contributed by atoms with Crippen LogP contribution in [0.15, 0.2) is 12.4 Å². The highest BCUT2D eigenvalue weighted by Crippen LogP contribution is 2.21. The molecule has 1 N–H and O–H groups in total. The second kappa shape index (κ2) is 6.53. The van der Waals surface area contributed by atoms with Crippen LogP contribution in [0.5, 0.6) is 0 Å². The van der Waals surface area contributed by atoms with Gasteiger partial charge in [0.05, 0.1) is 6.54 Å². The first-order valence-electron chi connectivity index (χ1n) is 7.83. The second-order valence-electron chi connectivity index (χ2n) is 6.12. The van der Waals surface area contributed by atoms with Crippen molar-refractivity contribution in [3.63, 3.8) is 0 Å². The van der Waals surface area contributed by atoms with E-state index in [1.807, 2.05) is 12.4 Å². The molecule has 2 saturated heterocycles. The minimum absolute atomic E-state index is 0.922. The monoisotopic (exact) mass is 262 g/mol. The minimum Gasteiger partial charge on any atom is -0.348 e. The van der Waals surface area contributed by atoms with Crippen LogP contribution < -0.4 is 0 Å². The van der Waals surface area contributed by atoms with Crippen molar-refractivity contribution in [3.05, 3.63) is 18.2 Å². The standard InChI is InChI=1S/C15H26N4/c1-2-8-18(9-3-1)12-14-4-10-19(11-5-14)13-15-16-6-7-17-15/h6-7,14H,1-5,8-13H2,(H,16,17). The highest BCUT2D eigenvalue weighted by atomic mass is 15.2. The molecule has 3 rings (SSSR count). The van der Waals surface area contributed by atoms with Crippen molar-refractivity contribution in [1.29, 1.82) is 0 Å². The van der Waals surface area contributed by atoms with Crippen LogP contribution in [0, 0.1) is 5.92 Å². The van der Waals surface area contributed by atoms with E-state index in [1.54, 1.807) is 0 Å². The first kappa shape index (κ1) is 13.1. The third kappa shape index (κ3) is 3.80. The van der Waals surface area contributed by atoms with Crippen molar-refractivity contribution >= 4 is 0 Å². The topological polar surface area (TPSA) is 35.2 Å². The molecule has 0 spiro atoms. The SMILES string of the molecule is c1c[nH]c(CN2CCC(CN3CCCCC3)CC2)n1. The number of hydrogen-bond acceptors (Lipinski definition) is 3. The third-order valence-corrected chi connectivity index (χ3v) is 4.60. The van der Waals surface area contributed by atoms with Crippen LogP contribution >= 0.6 is 0 Å².